The second-order valence-electron chi connectivity index (χ2n) is 5.92. The third kappa shape index (κ3) is 3.63. The predicted molar refractivity (Wildman–Crippen MR) is 98.2 cm³/mol. The summed E-state index contributed by atoms with van der Waals surface area (Å²) in [6.07, 6.45) is -4.61. The molecule has 27 heavy (non-hydrogen) atoms. The van der Waals surface area contributed by atoms with Crippen LogP contribution >= 0.6 is 11.3 Å². The summed E-state index contributed by atoms with van der Waals surface area (Å²) in [5.41, 5.74) is 5.75. The van der Waals surface area contributed by atoms with Crippen LogP contribution in [0.15, 0.2) is 30.3 Å². The van der Waals surface area contributed by atoms with Gasteiger partial charge in [0.2, 0.25) is 0 Å². The van der Waals surface area contributed by atoms with Crippen molar-refractivity contribution >= 4 is 44.6 Å². The van der Waals surface area contributed by atoms with Gasteiger partial charge in [-0.15, -0.1) is 11.3 Å². The summed E-state index contributed by atoms with van der Waals surface area (Å²) in [6, 6.07) is 7.05. The van der Waals surface area contributed by atoms with E-state index >= 15 is 0 Å². The van der Waals surface area contributed by atoms with Crippen LogP contribution in [0, 0.1) is 6.92 Å². The van der Waals surface area contributed by atoms with Gasteiger partial charge in [0.25, 0.3) is 5.91 Å². The Morgan fingerprint density at radius 2 is 1.81 bits per heavy atom. The molecule has 3 rings (SSSR count). The Balaban J connectivity index is 2.00. The van der Waals surface area contributed by atoms with Crippen molar-refractivity contribution in [1.29, 1.82) is 0 Å². The Morgan fingerprint density at radius 1 is 1.19 bits per heavy atom. The van der Waals surface area contributed by atoms with Gasteiger partial charge in [-0.2, -0.15) is 13.2 Å². The fourth-order valence-corrected chi connectivity index (χ4v) is 3.67. The topological polar surface area (TPSA) is 85.1 Å². The number of halogens is 3. The second-order valence-corrected chi connectivity index (χ2v) is 6.92. The summed E-state index contributed by atoms with van der Waals surface area (Å²) in [4.78, 5) is 27.9. The number of nitrogens with zero attached hydrogens (tertiary/aromatic N) is 1. The number of thiophene rings is 1. The van der Waals surface area contributed by atoms with Crippen molar-refractivity contribution in [3.63, 3.8) is 0 Å². The van der Waals surface area contributed by atoms with Crippen molar-refractivity contribution in [2.24, 2.45) is 0 Å². The Labute approximate surface area is 156 Å². The van der Waals surface area contributed by atoms with Gasteiger partial charge in [-0.05, 0) is 44.2 Å². The standard InChI is InChI=1S/C18H14F3N3O2S/c1-8-7-12(18(19,20)21)13-14(22)15(27-17(13)23-8)16(26)24-11-5-3-10(4-6-11)9(2)25/h3-7H,22H2,1-2H3,(H,24,26). The number of hydrogen-bond donors (Lipinski definition) is 2. The number of aryl methyl sites for hydroxylation is 1. The number of pyridine rings is 1. The lowest BCUT2D eigenvalue weighted by molar-refractivity contribution is -0.136. The highest BCUT2D eigenvalue weighted by Gasteiger charge is 2.35. The molecule has 9 heteroatoms. The number of anilines is 2. The third-order valence-corrected chi connectivity index (χ3v) is 4.99. The Kier molecular flexibility index (Phi) is 4.64. The minimum atomic E-state index is -4.61. The molecule has 0 fully saturated rings. The summed E-state index contributed by atoms with van der Waals surface area (Å²) in [6.45, 7) is 2.86. The smallest absolute Gasteiger partial charge is 0.397 e. The molecule has 0 unspecified atom stereocenters. The molecule has 1 amide bonds. The number of nitrogen functional groups attached to an aromatic ring is 1. The van der Waals surface area contributed by atoms with Crippen LogP contribution in [0.3, 0.4) is 0 Å². The first kappa shape index (κ1) is 18.8. The molecule has 0 aliphatic rings. The molecule has 3 aromatic rings. The molecular weight excluding hydrogens is 379 g/mol. The predicted octanol–water partition coefficient (Wildman–Crippen LogP) is 4.66. The van der Waals surface area contributed by atoms with Crippen molar-refractivity contribution in [1.82, 2.24) is 4.98 Å². The number of alkyl halides is 3. The maximum Gasteiger partial charge on any atom is 0.417 e. The molecule has 0 radical (unpaired) electrons. The van der Waals surface area contributed by atoms with Gasteiger partial charge < -0.3 is 11.1 Å². The highest BCUT2D eigenvalue weighted by atomic mass is 32.1. The highest BCUT2D eigenvalue weighted by Crippen LogP contribution is 2.42. The third-order valence-electron chi connectivity index (χ3n) is 3.89. The zero-order valence-electron chi connectivity index (χ0n) is 14.3. The van der Waals surface area contributed by atoms with Crippen LogP contribution in [-0.2, 0) is 6.18 Å². The van der Waals surface area contributed by atoms with Crippen molar-refractivity contribution in [3.05, 3.63) is 52.0 Å². The second kappa shape index (κ2) is 6.66. The lowest BCUT2D eigenvalue weighted by Gasteiger charge is -2.09. The quantitative estimate of drug-likeness (QED) is 0.634. The number of Topliss-reactive ketones (excluding diaryl/α,β-unsaturated/α-hetero) is 1. The molecule has 0 bridgehead atoms. The Morgan fingerprint density at radius 3 is 2.37 bits per heavy atom. The molecule has 2 aromatic heterocycles. The van der Waals surface area contributed by atoms with Gasteiger partial charge in [0.05, 0.1) is 11.3 Å². The summed E-state index contributed by atoms with van der Waals surface area (Å²) >= 11 is 0.801. The van der Waals surface area contributed by atoms with E-state index < -0.39 is 17.6 Å². The van der Waals surface area contributed by atoms with E-state index in [9.17, 15) is 22.8 Å². The van der Waals surface area contributed by atoms with Crippen LogP contribution in [-0.4, -0.2) is 16.7 Å². The van der Waals surface area contributed by atoms with Gasteiger partial charge >= 0.3 is 6.18 Å². The van der Waals surface area contributed by atoms with E-state index in [1.165, 1.54) is 26.0 Å². The number of carbonyl (C=O) groups is 2. The summed E-state index contributed by atoms with van der Waals surface area (Å²) in [5.74, 6) is -0.764. The first-order chi connectivity index (χ1) is 12.6. The van der Waals surface area contributed by atoms with E-state index in [1.54, 1.807) is 12.1 Å². The van der Waals surface area contributed by atoms with Gasteiger partial charge in [-0.3, -0.25) is 9.59 Å². The number of fused-ring (bicyclic) bond motifs is 1. The van der Waals surface area contributed by atoms with Gasteiger partial charge in [-0.1, -0.05) is 0 Å². The molecule has 140 valence electrons. The van der Waals surface area contributed by atoms with E-state index in [2.05, 4.69) is 10.3 Å². The molecule has 3 N–H and O–H groups in total. The number of hydrogen-bond acceptors (Lipinski definition) is 5. The summed E-state index contributed by atoms with van der Waals surface area (Å²) < 4.78 is 40.0. The Hall–Kier alpha value is -2.94. The lowest BCUT2D eigenvalue weighted by Crippen LogP contribution is -2.12. The van der Waals surface area contributed by atoms with Crippen LogP contribution in [0.2, 0.25) is 0 Å². The minimum Gasteiger partial charge on any atom is -0.397 e. The van der Waals surface area contributed by atoms with Crippen molar-refractivity contribution < 1.29 is 22.8 Å². The number of ketones is 1. The van der Waals surface area contributed by atoms with E-state index in [-0.39, 0.29) is 32.3 Å². The SMILES string of the molecule is CC(=O)c1ccc(NC(=O)c2sc3nc(C)cc(C(F)(F)F)c3c2N)cc1. The summed E-state index contributed by atoms with van der Waals surface area (Å²) in [5, 5.41) is 2.30. The van der Waals surface area contributed by atoms with Crippen LogP contribution in [0.5, 0.6) is 0 Å². The zero-order chi connectivity index (χ0) is 19.9. The minimum absolute atomic E-state index is 0.0516. The number of carbonyl (C=O) groups excluding carboxylic acids is 2. The van der Waals surface area contributed by atoms with Crippen molar-refractivity contribution in [2.75, 3.05) is 11.1 Å². The van der Waals surface area contributed by atoms with Crippen LogP contribution in [0.1, 0.15) is 38.2 Å². The molecule has 0 aliphatic carbocycles. The molecule has 0 saturated carbocycles. The van der Waals surface area contributed by atoms with E-state index in [0.717, 1.165) is 17.4 Å². The van der Waals surface area contributed by atoms with Crippen LogP contribution in [0.25, 0.3) is 10.2 Å². The average molecular weight is 393 g/mol. The average Bonchev–Trinajstić information content (AvgIpc) is 2.90. The van der Waals surface area contributed by atoms with E-state index in [0.29, 0.717) is 11.3 Å². The number of nitrogens with two attached hydrogens (primary N) is 1. The zero-order valence-corrected chi connectivity index (χ0v) is 15.1. The Bertz CT molecular complexity index is 1060. The highest BCUT2D eigenvalue weighted by molar-refractivity contribution is 7.21. The molecule has 0 saturated heterocycles. The van der Waals surface area contributed by atoms with Gasteiger partial charge in [0.15, 0.2) is 5.78 Å². The van der Waals surface area contributed by atoms with Gasteiger partial charge in [0.1, 0.15) is 9.71 Å². The van der Waals surface area contributed by atoms with E-state index in [4.69, 9.17) is 5.73 Å². The molecule has 5 nitrogen and oxygen atoms in total. The first-order valence-electron chi connectivity index (χ1n) is 7.77. The molecular formula is C18H14F3N3O2S. The van der Waals surface area contributed by atoms with Gasteiger partial charge in [0, 0.05) is 22.3 Å². The fraction of sp³-hybridized carbons (Fsp3) is 0.167. The van der Waals surface area contributed by atoms with E-state index in [1.807, 2.05) is 0 Å². The number of rotatable bonds is 3. The van der Waals surface area contributed by atoms with Crippen molar-refractivity contribution in [2.45, 2.75) is 20.0 Å². The maximum atomic E-state index is 13.3. The number of nitrogens with one attached hydrogen (secondary N) is 1. The van der Waals surface area contributed by atoms with Crippen LogP contribution in [0.4, 0.5) is 24.5 Å². The lowest BCUT2D eigenvalue weighted by atomic mass is 10.1. The molecule has 2 heterocycles. The monoisotopic (exact) mass is 393 g/mol. The molecule has 0 atom stereocenters. The largest absolute Gasteiger partial charge is 0.417 e. The maximum absolute atomic E-state index is 13.3. The first-order valence-corrected chi connectivity index (χ1v) is 8.58. The normalized spacial score (nSPS) is 11.6. The number of benzene rings is 1. The number of aromatic nitrogens is 1. The van der Waals surface area contributed by atoms with Gasteiger partial charge in [-0.25, -0.2) is 4.98 Å². The number of amides is 1. The summed E-state index contributed by atoms with van der Waals surface area (Å²) in [7, 11) is 0. The molecule has 0 aliphatic heterocycles. The van der Waals surface area contributed by atoms with Crippen LogP contribution < -0.4 is 11.1 Å². The molecule has 1 aromatic carbocycles. The van der Waals surface area contributed by atoms with Crippen molar-refractivity contribution in [3.8, 4) is 0 Å². The molecule has 0 spiro atoms. The fourth-order valence-electron chi connectivity index (χ4n) is 2.61.